The third-order valence-electron chi connectivity index (χ3n) is 3.74. The second-order valence-electron chi connectivity index (χ2n) is 5.71. The Morgan fingerprint density at radius 1 is 0.931 bits per heavy atom. The number of benzene rings is 2. The van der Waals surface area contributed by atoms with Crippen LogP contribution in [0.1, 0.15) is 0 Å². The van der Waals surface area contributed by atoms with Gasteiger partial charge in [0.05, 0.1) is 10.6 Å². The van der Waals surface area contributed by atoms with Gasteiger partial charge in [-0.2, -0.15) is 4.98 Å². The van der Waals surface area contributed by atoms with Crippen LogP contribution in [0.15, 0.2) is 57.4 Å². The molecule has 2 aromatic heterocycles. The number of nitrogens with zero attached hydrogens (tertiary/aromatic N) is 3. The van der Waals surface area contributed by atoms with Gasteiger partial charge in [0.25, 0.3) is 0 Å². The van der Waals surface area contributed by atoms with Gasteiger partial charge >= 0.3 is 0 Å². The lowest BCUT2D eigenvalue weighted by molar-refractivity contribution is 0.463. The number of hydrogen-bond donors (Lipinski definition) is 0. The van der Waals surface area contributed by atoms with Crippen LogP contribution >= 0.6 is 50.7 Å². The molecule has 0 N–H and O–H groups in total. The van der Waals surface area contributed by atoms with E-state index in [1.165, 1.54) is 18.2 Å². The first-order valence-electron chi connectivity index (χ1n) is 7.99. The van der Waals surface area contributed by atoms with Gasteiger partial charge in [-0.25, -0.2) is 4.39 Å². The lowest BCUT2D eigenvalue weighted by atomic mass is 10.2. The maximum absolute atomic E-state index is 13.3. The quantitative estimate of drug-likeness (QED) is 0.264. The Balaban J connectivity index is 1.63. The van der Waals surface area contributed by atoms with E-state index in [0.717, 1.165) is 0 Å². The van der Waals surface area contributed by atoms with E-state index in [9.17, 15) is 4.39 Å². The molecular formula is C19H8BrCl3FN3O2. The monoisotopic (exact) mass is 513 g/mol. The summed E-state index contributed by atoms with van der Waals surface area (Å²) in [6, 6.07) is 12.5. The van der Waals surface area contributed by atoms with Gasteiger partial charge in [0.1, 0.15) is 16.6 Å². The van der Waals surface area contributed by atoms with Crippen LogP contribution in [-0.2, 0) is 0 Å². The minimum absolute atomic E-state index is 0.0774. The first-order chi connectivity index (χ1) is 13.9. The summed E-state index contributed by atoms with van der Waals surface area (Å²) in [6.07, 6.45) is 0. The average Bonchev–Trinajstić information content (AvgIpc) is 3.16. The highest BCUT2D eigenvalue weighted by molar-refractivity contribution is 9.10. The fraction of sp³-hybridized carbons (Fsp3) is 0. The van der Waals surface area contributed by atoms with Crippen LogP contribution in [0, 0.1) is 5.82 Å². The number of rotatable bonds is 4. The molecule has 0 atom stereocenters. The standard InChI is InChI=1S/C19H8BrCl3FN3O2/c20-13-7-10(24)4-5-12(13)18-27-26-17(29-18)9-2-1-3-11(6-9)28-19-15(22)8-14(21)16(23)25-19/h1-8H. The maximum Gasteiger partial charge on any atom is 0.249 e. The summed E-state index contributed by atoms with van der Waals surface area (Å²) >= 11 is 21.2. The van der Waals surface area contributed by atoms with E-state index in [2.05, 4.69) is 31.1 Å². The van der Waals surface area contributed by atoms with Crippen LogP contribution in [0.2, 0.25) is 15.2 Å². The molecule has 0 saturated heterocycles. The molecule has 0 fully saturated rings. The second kappa shape index (κ2) is 8.28. The molecule has 146 valence electrons. The van der Waals surface area contributed by atoms with Crippen LogP contribution in [0.4, 0.5) is 4.39 Å². The Labute approximate surface area is 187 Å². The molecule has 4 rings (SSSR count). The van der Waals surface area contributed by atoms with Gasteiger partial charge in [-0.3, -0.25) is 0 Å². The summed E-state index contributed by atoms with van der Waals surface area (Å²) < 4.78 is 25.2. The van der Waals surface area contributed by atoms with Gasteiger partial charge in [-0.15, -0.1) is 10.2 Å². The van der Waals surface area contributed by atoms with Crippen molar-refractivity contribution >= 4 is 50.7 Å². The molecule has 0 aliphatic rings. The zero-order valence-electron chi connectivity index (χ0n) is 14.2. The first-order valence-corrected chi connectivity index (χ1v) is 9.92. The maximum atomic E-state index is 13.3. The number of halogens is 5. The molecule has 10 heteroatoms. The van der Waals surface area contributed by atoms with Gasteiger partial charge in [-0.05, 0) is 58.4 Å². The van der Waals surface area contributed by atoms with Gasteiger partial charge in [0, 0.05) is 10.0 Å². The number of pyridine rings is 1. The van der Waals surface area contributed by atoms with Crippen molar-refractivity contribution in [2.24, 2.45) is 0 Å². The Morgan fingerprint density at radius 3 is 2.52 bits per heavy atom. The third-order valence-corrected chi connectivity index (χ3v) is 5.34. The molecular weight excluding hydrogens is 507 g/mol. The summed E-state index contributed by atoms with van der Waals surface area (Å²) in [6.45, 7) is 0. The average molecular weight is 516 g/mol. The van der Waals surface area contributed by atoms with Crippen LogP contribution in [0.5, 0.6) is 11.6 Å². The van der Waals surface area contributed by atoms with E-state index >= 15 is 0 Å². The molecule has 0 saturated carbocycles. The smallest absolute Gasteiger partial charge is 0.249 e. The molecule has 0 spiro atoms. The zero-order valence-corrected chi connectivity index (χ0v) is 18.0. The third kappa shape index (κ3) is 4.38. The molecule has 2 aromatic carbocycles. The Bertz CT molecular complexity index is 1220. The molecule has 0 amide bonds. The fourth-order valence-electron chi connectivity index (χ4n) is 2.42. The second-order valence-corrected chi connectivity index (χ2v) is 7.74. The molecule has 0 unspecified atom stereocenters. The summed E-state index contributed by atoms with van der Waals surface area (Å²) in [5.74, 6) is 0.666. The fourth-order valence-corrected chi connectivity index (χ4v) is 3.46. The lowest BCUT2D eigenvalue weighted by Gasteiger charge is -2.08. The normalized spacial score (nSPS) is 10.9. The summed E-state index contributed by atoms with van der Waals surface area (Å²) in [7, 11) is 0. The molecule has 0 aliphatic heterocycles. The van der Waals surface area contributed by atoms with E-state index in [-0.39, 0.29) is 38.7 Å². The number of aromatic nitrogens is 3. The predicted molar refractivity (Wildman–Crippen MR) is 112 cm³/mol. The van der Waals surface area contributed by atoms with E-state index in [1.807, 2.05) is 0 Å². The Hall–Kier alpha value is -2.19. The molecule has 0 bridgehead atoms. The summed E-state index contributed by atoms with van der Waals surface area (Å²) in [5.41, 5.74) is 1.18. The van der Waals surface area contributed by atoms with Crippen molar-refractivity contribution in [1.29, 1.82) is 0 Å². The predicted octanol–water partition coefficient (Wildman–Crippen LogP) is 7.45. The van der Waals surface area contributed by atoms with Crippen molar-refractivity contribution in [3.63, 3.8) is 0 Å². The van der Waals surface area contributed by atoms with Crippen molar-refractivity contribution in [1.82, 2.24) is 15.2 Å². The topological polar surface area (TPSA) is 61.0 Å². The zero-order chi connectivity index (χ0) is 20.5. The van der Waals surface area contributed by atoms with Crippen LogP contribution < -0.4 is 4.74 Å². The van der Waals surface area contributed by atoms with Crippen molar-refractivity contribution in [2.45, 2.75) is 0 Å². The number of ether oxygens (including phenoxy) is 1. The van der Waals surface area contributed by atoms with Crippen molar-refractivity contribution < 1.29 is 13.5 Å². The van der Waals surface area contributed by atoms with E-state index in [4.69, 9.17) is 44.0 Å². The van der Waals surface area contributed by atoms with Gasteiger partial charge in [0.15, 0.2) is 5.15 Å². The molecule has 5 nitrogen and oxygen atoms in total. The van der Waals surface area contributed by atoms with Crippen molar-refractivity contribution in [2.75, 3.05) is 0 Å². The summed E-state index contributed by atoms with van der Waals surface area (Å²) in [5, 5.41) is 8.59. The lowest BCUT2D eigenvalue weighted by Crippen LogP contribution is -1.91. The SMILES string of the molecule is Fc1ccc(-c2nnc(-c3cccc(Oc4nc(Cl)c(Cl)cc4Cl)c3)o2)c(Br)c1. The number of hydrogen-bond acceptors (Lipinski definition) is 5. The van der Waals surface area contributed by atoms with Crippen LogP contribution in [0.3, 0.4) is 0 Å². The van der Waals surface area contributed by atoms with Gasteiger partial charge in [0.2, 0.25) is 17.7 Å². The van der Waals surface area contributed by atoms with E-state index < -0.39 is 0 Å². The van der Waals surface area contributed by atoms with Crippen LogP contribution in [0.25, 0.3) is 22.9 Å². The van der Waals surface area contributed by atoms with Crippen molar-refractivity contribution in [3.05, 3.63) is 74.0 Å². The largest absolute Gasteiger partial charge is 0.437 e. The van der Waals surface area contributed by atoms with E-state index in [0.29, 0.717) is 21.3 Å². The Kier molecular flexibility index (Phi) is 5.74. The van der Waals surface area contributed by atoms with Crippen molar-refractivity contribution in [3.8, 4) is 34.5 Å². The molecule has 0 radical (unpaired) electrons. The first kappa shape index (κ1) is 20.1. The van der Waals surface area contributed by atoms with Gasteiger partial charge in [-0.1, -0.05) is 40.9 Å². The molecule has 2 heterocycles. The molecule has 0 aliphatic carbocycles. The van der Waals surface area contributed by atoms with E-state index in [1.54, 1.807) is 30.3 Å². The minimum Gasteiger partial charge on any atom is -0.437 e. The summed E-state index contributed by atoms with van der Waals surface area (Å²) in [4.78, 5) is 4.02. The Morgan fingerprint density at radius 2 is 1.72 bits per heavy atom. The van der Waals surface area contributed by atoms with Crippen LogP contribution in [-0.4, -0.2) is 15.2 Å². The molecule has 4 aromatic rings. The highest BCUT2D eigenvalue weighted by Gasteiger charge is 2.15. The molecule has 29 heavy (non-hydrogen) atoms. The highest BCUT2D eigenvalue weighted by Crippen LogP contribution is 2.35. The highest BCUT2D eigenvalue weighted by atomic mass is 79.9. The van der Waals surface area contributed by atoms with Gasteiger partial charge < -0.3 is 9.15 Å². The minimum atomic E-state index is -0.375.